The number of hydrogen-bond donors (Lipinski definition) is 1. The van der Waals surface area contributed by atoms with Crippen LogP contribution in [0.15, 0.2) is 106 Å². The molecule has 242 valence electrons. The quantitative estimate of drug-likeness (QED) is 0.180. The summed E-state index contributed by atoms with van der Waals surface area (Å²) in [7, 11) is -4.16. The summed E-state index contributed by atoms with van der Waals surface area (Å²) in [5.74, 6) is -0.822. The smallest absolute Gasteiger partial charge is 0.264 e. The van der Waals surface area contributed by atoms with Crippen LogP contribution in [0.25, 0.3) is 0 Å². The fourth-order valence-corrected chi connectivity index (χ4v) is 6.94. The molecule has 7 nitrogen and oxygen atoms in total. The molecule has 0 heterocycles. The molecule has 2 amide bonds. The summed E-state index contributed by atoms with van der Waals surface area (Å²) in [6, 6.07) is 28.1. The topological polar surface area (TPSA) is 86.8 Å². The highest BCUT2D eigenvalue weighted by atomic mass is 79.9. The Morgan fingerprint density at radius 2 is 1.46 bits per heavy atom. The molecular weight excluding hydrogens is 662 g/mol. The maximum Gasteiger partial charge on any atom is 0.264 e. The van der Waals surface area contributed by atoms with E-state index in [-0.39, 0.29) is 23.8 Å². The lowest BCUT2D eigenvalue weighted by Crippen LogP contribution is -2.56. The van der Waals surface area contributed by atoms with Gasteiger partial charge in [-0.15, -0.1) is 0 Å². The van der Waals surface area contributed by atoms with Crippen LogP contribution < -0.4 is 9.62 Å². The number of carbonyl (C=O) groups excluding carboxylic acids is 2. The van der Waals surface area contributed by atoms with E-state index in [2.05, 4.69) is 21.2 Å². The van der Waals surface area contributed by atoms with E-state index < -0.39 is 34.1 Å². The average Bonchev–Trinajstić information content (AvgIpc) is 2.99. The molecule has 0 saturated carbocycles. The Labute approximate surface area is 281 Å². The zero-order chi connectivity index (χ0) is 33.6. The van der Waals surface area contributed by atoms with Crippen LogP contribution in [0.3, 0.4) is 0 Å². The molecule has 46 heavy (non-hydrogen) atoms. The largest absolute Gasteiger partial charge is 0.350 e. The Morgan fingerprint density at radius 1 is 0.804 bits per heavy atom. The molecule has 1 atom stereocenters. The van der Waals surface area contributed by atoms with Crippen LogP contribution in [0, 0.1) is 20.8 Å². The molecule has 0 fully saturated rings. The first-order valence-corrected chi connectivity index (χ1v) is 17.4. The van der Waals surface area contributed by atoms with Crippen molar-refractivity contribution in [2.75, 3.05) is 10.8 Å². The third kappa shape index (κ3) is 9.07. The highest BCUT2D eigenvalue weighted by Crippen LogP contribution is 2.27. The van der Waals surface area contributed by atoms with Crippen molar-refractivity contribution in [3.05, 3.63) is 129 Å². The Morgan fingerprint density at radius 3 is 2.07 bits per heavy atom. The van der Waals surface area contributed by atoms with Crippen molar-refractivity contribution < 1.29 is 18.0 Å². The van der Waals surface area contributed by atoms with Crippen molar-refractivity contribution in [3.63, 3.8) is 0 Å². The molecule has 4 aromatic rings. The number of nitrogens with one attached hydrogen (secondary N) is 1. The van der Waals surface area contributed by atoms with Crippen molar-refractivity contribution in [3.8, 4) is 0 Å². The Hall–Kier alpha value is -3.95. The normalized spacial score (nSPS) is 12.3. The van der Waals surface area contributed by atoms with Crippen LogP contribution in [0.2, 0.25) is 0 Å². The summed E-state index contributed by atoms with van der Waals surface area (Å²) in [5.41, 5.74) is 4.30. The molecular formula is C37H42BrN3O4S. The number of anilines is 1. The van der Waals surface area contributed by atoms with Crippen molar-refractivity contribution in [1.29, 1.82) is 0 Å². The predicted octanol–water partition coefficient (Wildman–Crippen LogP) is 7.12. The van der Waals surface area contributed by atoms with Crippen molar-refractivity contribution in [2.24, 2.45) is 0 Å². The molecule has 0 aromatic heterocycles. The van der Waals surface area contributed by atoms with Gasteiger partial charge < -0.3 is 10.2 Å². The van der Waals surface area contributed by atoms with Crippen LogP contribution in [0.1, 0.15) is 48.6 Å². The number of hydrogen-bond acceptors (Lipinski definition) is 4. The highest BCUT2D eigenvalue weighted by molar-refractivity contribution is 9.10. The molecule has 0 radical (unpaired) electrons. The van der Waals surface area contributed by atoms with Gasteiger partial charge in [-0.2, -0.15) is 0 Å². The molecule has 1 N–H and O–H groups in total. The van der Waals surface area contributed by atoms with Gasteiger partial charge in [0.15, 0.2) is 0 Å². The summed E-state index contributed by atoms with van der Waals surface area (Å²) < 4.78 is 30.5. The highest BCUT2D eigenvalue weighted by Gasteiger charge is 2.35. The Bertz CT molecular complexity index is 1790. The minimum atomic E-state index is -4.16. The molecule has 0 saturated heterocycles. The standard InChI is InChI=1S/C37H42BrN3O4S/c1-26-15-19-33(20-16-26)46(44,45)41(32-18-17-27(2)28(3)21-32)25-35(42)40(24-30-13-10-14-31(38)22-30)34(36(43)39-37(4,5)6)23-29-11-8-7-9-12-29/h7-22,34H,23-25H2,1-6H3,(H,39,43)/t34-/m1/s1. The Kier molecular flexibility index (Phi) is 11.1. The SMILES string of the molecule is Cc1ccc(S(=O)(=O)N(CC(=O)N(Cc2cccc(Br)c2)[C@H](Cc2ccccc2)C(=O)NC(C)(C)C)c2ccc(C)c(C)c2)cc1. The van der Waals surface area contributed by atoms with Gasteiger partial charge in [0.2, 0.25) is 11.8 Å². The average molecular weight is 705 g/mol. The zero-order valence-corrected chi connectivity index (χ0v) is 29.7. The second-order valence-corrected chi connectivity index (χ2v) is 15.5. The van der Waals surface area contributed by atoms with Gasteiger partial charge in [0.05, 0.1) is 10.6 Å². The third-order valence-corrected chi connectivity index (χ3v) is 9.96. The van der Waals surface area contributed by atoms with Gasteiger partial charge >= 0.3 is 0 Å². The number of benzene rings is 4. The van der Waals surface area contributed by atoms with E-state index in [0.717, 1.165) is 36.6 Å². The first kappa shape index (κ1) is 34.9. The van der Waals surface area contributed by atoms with Crippen molar-refractivity contribution in [1.82, 2.24) is 10.2 Å². The first-order valence-electron chi connectivity index (χ1n) is 15.2. The number of carbonyl (C=O) groups is 2. The van der Waals surface area contributed by atoms with Crippen LogP contribution in [-0.2, 0) is 32.6 Å². The third-order valence-electron chi connectivity index (χ3n) is 7.68. The van der Waals surface area contributed by atoms with Gasteiger partial charge in [-0.25, -0.2) is 8.42 Å². The summed E-state index contributed by atoms with van der Waals surface area (Å²) in [5, 5.41) is 3.06. The minimum absolute atomic E-state index is 0.0778. The second kappa shape index (κ2) is 14.6. The van der Waals surface area contributed by atoms with Gasteiger partial charge in [0.25, 0.3) is 10.0 Å². The predicted molar refractivity (Wildman–Crippen MR) is 188 cm³/mol. The number of rotatable bonds is 11. The maximum absolute atomic E-state index is 14.6. The van der Waals surface area contributed by atoms with E-state index >= 15 is 0 Å². The maximum atomic E-state index is 14.6. The lowest BCUT2D eigenvalue weighted by molar-refractivity contribution is -0.140. The van der Waals surface area contributed by atoms with Gasteiger partial charge in [-0.3, -0.25) is 13.9 Å². The first-order chi connectivity index (χ1) is 21.6. The summed E-state index contributed by atoms with van der Waals surface area (Å²) in [6.45, 7) is 11.0. The lowest BCUT2D eigenvalue weighted by Gasteiger charge is -2.35. The number of amides is 2. The van der Waals surface area contributed by atoms with Gasteiger partial charge in [0.1, 0.15) is 12.6 Å². The lowest BCUT2D eigenvalue weighted by atomic mass is 10.0. The van der Waals surface area contributed by atoms with Crippen LogP contribution in [0.4, 0.5) is 5.69 Å². The number of halogens is 1. The van der Waals surface area contributed by atoms with E-state index in [9.17, 15) is 18.0 Å². The summed E-state index contributed by atoms with van der Waals surface area (Å²) in [6.07, 6.45) is 0.247. The molecule has 4 rings (SSSR count). The van der Waals surface area contributed by atoms with E-state index in [1.165, 1.54) is 4.90 Å². The summed E-state index contributed by atoms with van der Waals surface area (Å²) in [4.78, 5) is 30.2. The van der Waals surface area contributed by atoms with Gasteiger partial charge in [-0.05, 0) is 100 Å². The molecule has 9 heteroatoms. The van der Waals surface area contributed by atoms with Crippen molar-refractivity contribution in [2.45, 2.75) is 71.0 Å². The monoisotopic (exact) mass is 703 g/mol. The van der Waals surface area contributed by atoms with Gasteiger partial charge in [0, 0.05) is 23.0 Å². The fraction of sp³-hybridized carbons (Fsp3) is 0.297. The van der Waals surface area contributed by atoms with E-state index in [4.69, 9.17) is 0 Å². The second-order valence-electron chi connectivity index (χ2n) is 12.7. The Balaban J connectivity index is 1.84. The number of sulfonamides is 1. The number of nitrogens with zero attached hydrogens (tertiary/aromatic N) is 2. The molecule has 0 aliphatic carbocycles. The fourth-order valence-electron chi connectivity index (χ4n) is 5.09. The van der Waals surface area contributed by atoms with Crippen LogP contribution in [-0.4, -0.2) is 43.3 Å². The summed E-state index contributed by atoms with van der Waals surface area (Å²) >= 11 is 3.52. The van der Waals surface area contributed by atoms with E-state index in [1.807, 2.05) is 102 Å². The molecule has 4 aromatic carbocycles. The molecule has 0 aliphatic heterocycles. The van der Waals surface area contributed by atoms with Crippen LogP contribution in [0.5, 0.6) is 0 Å². The van der Waals surface area contributed by atoms with E-state index in [0.29, 0.717) is 5.69 Å². The molecule has 0 unspecified atom stereocenters. The minimum Gasteiger partial charge on any atom is -0.350 e. The van der Waals surface area contributed by atoms with Gasteiger partial charge in [-0.1, -0.05) is 82.2 Å². The molecule has 0 aliphatic rings. The zero-order valence-electron chi connectivity index (χ0n) is 27.2. The van der Waals surface area contributed by atoms with Crippen molar-refractivity contribution >= 4 is 43.5 Å². The molecule has 0 bridgehead atoms. The number of aryl methyl sites for hydroxylation is 3. The molecule has 0 spiro atoms. The van der Waals surface area contributed by atoms with E-state index in [1.54, 1.807) is 36.4 Å². The van der Waals surface area contributed by atoms with Crippen LogP contribution >= 0.6 is 15.9 Å².